The van der Waals surface area contributed by atoms with E-state index in [1.165, 1.54) is 6.07 Å². The standard InChI is InChI=1S/C11H13F3N2O2.ClH/c1-7-2-3-8(15)4-9(7)16-10(17)5-18-6-11(12,13)14;/h2-4H,5-6,15H2,1H3,(H,16,17);1H. The number of anilines is 2. The van der Waals surface area contributed by atoms with Crippen LogP contribution in [0.2, 0.25) is 0 Å². The molecule has 1 aromatic carbocycles. The summed E-state index contributed by atoms with van der Waals surface area (Å²) in [6, 6.07) is 4.88. The van der Waals surface area contributed by atoms with Gasteiger partial charge in [0, 0.05) is 11.4 Å². The Kier molecular flexibility index (Phi) is 6.64. The second-order valence-corrected chi connectivity index (χ2v) is 3.73. The SMILES string of the molecule is Cc1ccc(N)cc1NC(=O)COCC(F)(F)F.Cl. The van der Waals surface area contributed by atoms with E-state index in [0.717, 1.165) is 5.56 Å². The average Bonchev–Trinajstić information content (AvgIpc) is 2.21. The Morgan fingerprint density at radius 2 is 2.05 bits per heavy atom. The smallest absolute Gasteiger partial charge is 0.399 e. The van der Waals surface area contributed by atoms with Crippen LogP contribution in [0.5, 0.6) is 0 Å². The monoisotopic (exact) mass is 298 g/mol. The molecule has 1 amide bonds. The van der Waals surface area contributed by atoms with Crippen molar-refractivity contribution >= 4 is 29.7 Å². The number of carbonyl (C=O) groups excluding carboxylic acids is 1. The van der Waals surface area contributed by atoms with Gasteiger partial charge in [-0.15, -0.1) is 12.4 Å². The van der Waals surface area contributed by atoms with Gasteiger partial charge in [0.2, 0.25) is 5.91 Å². The van der Waals surface area contributed by atoms with Gasteiger partial charge in [0.15, 0.2) is 0 Å². The number of nitrogen functional groups attached to an aromatic ring is 1. The summed E-state index contributed by atoms with van der Waals surface area (Å²) in [7, 11) is 0. The molecule has 0 radical (unpaired) electrons. The van der Waals surface area contributed by atoms with Crippen LogP contribution in [0.25, 0.3) is 0 Å². The Labute approximate surface area is 114 Å². The largest absolute Gasteiger partial charge is 0.411 e. The summed E-state index contributed by atoms with van der Waals surface area (Å²) in [5, 5.41) is 2.43. The van der Waals surface area contributed by atoms with Crippen molar-refractivity contribution in [3.63, 3.8) is 0 Å². The first-order chi connectivity index (χ1) is 8.28. The van der Waals surface area contributed by atoms with Gasteiger partial charge in [-0.05, 0) is 24.6 Å². The molecule has 0 unspecified atom stereocenters. The highest BCUT2D eigenvalue weighted by Crippen LogP contribution is 2.18. The van der Waals surface area contributed by atoms with Crippen molar-refractivity contribution < 1.29 is 22.7 Å². The van der Waals surface area contributed by atoms with Gasteiger partial charge in [-0.3, -0.25) is 4.79 Å². The average molecular weight is 299 g/mol. The summed E-state index contributed by atoms with van der Waals surface area (Å²) in [5.41, 5.74) is 7.19. The third-order valence-electron chi connectivity index (χ3n) is 2.03. The Morgan fingerprint density at radius 1 is 1.42 bits per heavy atom. The lowest BCUT2D eigenvalue weighted by Gasteiger charge is -2.10. The van der Waals surface area contributed by atoms with Gasteiger partial charge < -0.3 is 15.8 Å². The molecule has 0 aromatic heterocycles. The van der Waals surface area contributed by atoms with Crippen LogP contribution >= 0.6 is 12.4 Å². The fraction of sp³-hybridized carbons (Fsp3) is 0.364. The van der Waals surface area contributed by atoms with E-state index in [1.807, 2.05) is 0 Å². The van der Waals surface area contributed by atoms with Crippen LogP contribution in [-0.4, -0.2) is 25.3 Å². The number of ether oxygens (including phenoxy) is 1. The predicted molar refractivity (Wildman–Crippen MR) is 68.3 cm³/mol. The molecule has 0 aliphatic carbocycles. The Hall–Kier alpha value is -1.47. The second kappa shape index (κ2) is 7.20. The van der Waals surface area contributed by atoms with Crippen LogP contribution in [0.1, 0.15) is 5.56 Å². The minimum absolute atomic E-state index is 0. The van der Waals surface area contributed by atoms with Crippen molar-refractivity contribution in [1.82, 2.24) is 0 Å². The molecule has 19 heavy (non-hydrogen) atoms. The first-order valence-corrected chi connectivity index (χ1v) is 5.08. The van der Waals surface area contributed by atoms with Gasteiger partial charge in [-0.1, -0.05) is 6.07 Å². The maximum Gasteiger partial charge on any atom is 0.411 e. The van der Waals surface area contributed by atoms with Crippen molar-refractivity contribution in [2.24, 2.45) is 0 Å². The maximum atomic E-state index is 11.8. The zero-order chi connectivity index (χ0) is 13.8. The van der Waals surface area contributed by atoms with E-state index in [2.05, 4.69) is 10.1 Å². The van der Waals surface area contributed by atoms with E-state index in [1.54, 1.807) is 19.1 Å². The molecule has 0 atom stereocenters. The number of rotatable bonds is 4. The summed E-state index contributed by atoms with van der Waals surface area (Å²) < 4.78 is 39.6. The highest BCUT2D eigenvalue weighted by molar-refractivity contribution is 5.92. The van der Waals surface area contributed by atoms with Gasteiger partial charge in [0.05, 0.1) is 0 Å². The van der Waals surface area contributed by atoms with Crippen LogP contribution < -0.4 is 11.1 Å². The molecule has 0 aliphatic heterocycles. The second-order valence-electron chi connectivity index (χ2n) is 3.73. The van der Waals surface area contributed by atoms with E-state index < -0.39 is 25.3 Å². The number of hydrogen-bond acceptors (Lipinski definition) is 3. The molecule has 0 saturated carbocycles. The summed E-state index contributed by atoms with van der Waals surface area (Å²) in [4.78, 5) is 11.3. The van der Waals surface area contributed by atoms with Gasteiger partial charge in [-0.25, -0.2) is 0 Å². The molecular formula is C11H14ClF3N2O2. The number of amides is 1. The normalized spacial score (nSPS) is 10.7. The van der Waals surface area contributed by atoms with Crippen molar-refractivity contribution in [3.05, 3.63) is 23.8 Å². The lowest BCUT2D eigenvalue weighted by molar-refractivity contribution is -0.174. The van der Waals surface area contributed by atoms with Crippen LogP contribution in [0, 0.1) is 6.92 Å². The molecular weight excluding hydrogens is 285 g/mol. The Balaban J connectivity index is 0.00000324. The lowest BCUT2D eigenvalue weighted by atomic mass is 10.2. The van der Waals surface area contributed by atoms with E-state index in [0.29, 0.717) is 11.4 Å². The van der Waals surface area contributed by atoms with Crippen LogP contribution in [-0.2, 0) is 9.53 Å². The highest BCUT2D eigenvalue weighted by atomic mass is 35.5. The molecule has 0 fully saturated rings. The maximum absolute atomic E-state index is 11.8. The highest BCUT2D eigenvalue weighted by Gasteiger charge is 2.27. The molecule has 0 heterocycles. The van der Waals surface area contributed by atoms with Crippen molar-refractivity contribution in [2.45, 2.75) is 13.1 Å². The van der Waals surface area contributed by atoms with Crippen molar-refractivity contribution in [1.29, 1.82) is 0 Å². The van der Waals surface area contributed by atoms with Crippen LogP contribution in [0.4, 0.5) is 24.5 Å². The molecule has 1 aromatic rings. The molecule has 0 bridgehead atoms. The van der Waals surface area contributed by atoms with Crippen molar-refractivity contribution in [2.75, 3.05) is 24.3 Å². The summed E-state index contributed by atoms with van der Waals surface area (Å²) in [5.74, 6) is -0.659. The van der Waals surface area contributed by atoms with Gasteiger partial charge >= 0.3 is 6.18 Å². The minimum Gasteiger partial charge on any atom is -0.399 e. The number of hydrogen-bond donors (Lipinski definition) is 2. The molecule has 0 aliphatic rings. The topological polar surface area (TPSA) is 64.3 Å². The van der Waals surface area contributed by atoms with E-state index in [9.17, 15) is 18.0 Å². The van der Waals surface area contributed by atoms with Gasteiger partial charge in [-0.2, -0.15) is 13.2 Å². The van der Waals surface area contributed by atoms with Gasteiger partial charge in [0.1, 0.15) is 13.2 Å². The van der Waals surface area contributed by atoms with Crippen LogP contribution in [0.15, 0.2) is 18.2 Å². The molecule has 0 saturated heterocycles. The molecule has 108 valence electrons. The minimum atomic E-state index is -4.44. The van der Waals surface area contributed by atoms with E-state index in [4.69, 9.17) is 5.73 Å². The summed E-state index contributed by atoms with van der Waals surface area (Å²) in [6.45, 7) is -0.365. The number of nitrogens with two attached hydrogens (primary N) is 1. The van der Waals surface area contributed by atoms with Crippen LogP contribution in [0.3, 0.4) is 0 Å². The molecule has 8 heteroatoms. The zero-order valence-corrected chi connectivity index (χ0v) is 10.9. The van der Waals surface area contributed by atoms with E-state index in [-0.39, 0.29) is 12.4 Å². The van der Waals surface area contributed by atoms with Gasteiger partial charge in [0.25, 0.3) is 0 Å². The first-order valence-electron chi connectivity index (χ1n) is 5.08. The third-order valence-corrected chi connectivity index (χ3v) is 2.03. The Bertz CT molecular complexity index is 438. The zero-order valence-electron chi connectivity index (χ0n) is 10.1. The number of halogens is 4. The summed E-state index contributed by atoms with van der Waals surface area (Å²) >= 11 is 0. The number of benzene rings is 1. The fourth-order valence-electron chi connectivity index (χ4n) is 1.22. The fourth-order valence-corrected chi connectivity index (χ4v) is 1.22. The number of aryl methyl sites for hydroxylation is 1. The number of alkyl halides is 3. The quantitative estimate of drug-likeness (QED) is 0.840. The summed E-state index contributed by atoms with van der Waals surface area (Å²) in [6.07, 6.45) is -4.44. The van der Waals surface area contributed by atoms with E-state index >= 15 is 0 Å². The lowest BCUT2D eigenvalue weighted by Crippen LogP contribution is -2.24. The molecule has 1 rings (SSSR count). The Morgan fingerprint density at radius 3 is 2.63 bits per heavy atom. The third kappa shape index (κ3) is 6.88. The number of carbonyl (C=O) groups is 1. The number of nitrogens with one attached hydrogen (secondary N) is 1. The molecule has 4 nitrogen and oxygen atoms in total. The molecule has 3 N–H and O–H groups in total. The molecule has 0 spiro atoms. The first kappa shape index (κ1) is 17.5. The van der Waals surface area contributed by atoms with Crippen molar-refractivity contribution in [3.8, 4) is 0 Å². The predicted octanol–water partition coefficient (Wildman–Crippen LogP) is 2.52.